The van der Waals surface area contributed by atoms with Gasteiger partial charge in [-0.3, -0.25) is 0 Å². The van der Waals surface area contributed by atoms with Gasteiger partial charge >= 0.3 is 0 Å². The van der Waals surface area contributed by atoms with Gasteiger partial charge in [-0.25, -0.2) is 13.1 Å². The number of sulfonamides is 1. The van der Waals surface area contributed by atoms with E-state index in [9.17, 15) is 8.42 Å². The van der Waals surface area contributed by atoms with E-state index in [-0.39, 0.29) is 23.5 Å². The molecule has 1 rings (SSSR count). The lowest BCUT2D eigenvalue weighted by Gasteiger charge is -2.18. The molecule has 2 N–H and O–H groups in total. The first-order valence-corrected chi connectivity index (χ1v) is 6.60. The summed E-state index contributed by atoms with van der Waals surface area (Å²) >= 11 is 0. The van der Waals surface area contributed by atoms with Crippen molar-refractivity contribution in [1.29, 1.82) is 0 Å². The number of nitrogens with one attached hydrogen (secondary N) is 1. The van der Waals surface area contributed by atoms with Gasteiger partial charge in [0.05, 0.1) is 4.90 Å². The minimum atomic E-state index is -3.48. The van der Waals surface area contributed by atoms with Gasteiger partial charge < -0.3 is 9.67 Å². The fourth-order valence-electron chi connectivity index (χ4n) is 1.22. The van der Waals surface area contributed by atoms with Gasteiger partial charge in [-0.1, -0.05) is 6.92 Å². The van der Waals surface area contributed by atoms with Crippen molar-refractivity contribution in [3.8, 4) is 0 Å². The zero-order chi connectivity index (χ0) is 12.3. The lowest BCUT2D eigenvalue weighted by atomic mass is 10.1. The molecule has 2 unspecified atom stereocenters. The maximum Gasteiger partial charge on any atom is 0.242 e. The van der Waals surface area contributed by atoms with Gasteiger partial charge in [-0.05, 0) is 18.9 Å². The third-order valence-corrected chi connectivity index (χ3v) is 4.14. The van der Waals surface area contributed by atoms with Crippen molar-refractivity contribution in [2.24, 2.45) is 13.0 Å². The number of aliphatic hydroxyl groups is 1. The zero-order valence-electron chi connectivity index (χ0n) is 9.71. The number of aromatic nitrogens is 1. The van der Waals surface area contributed by atoms with Crippen LogP contribution in [-0.2, 0) is 17.1 Å². The van der Waals surface area contributed by atoms with Crippen LogP contribution in [0.25, 0.3) is 0 Å². The molecular weight excluding hydrogens is 228 g/mol. The van der Waals surface area contributed by atoms with Crippen LogP contribution >= 0.6 is 0 Å². The maximum atomic E-state index is 11.9. The quantitative estimate of drug-likeness (QED) is 0.786. The fourth-order valence-corrected chi connectivity index (χ4v) is 2.63. The summed E-state index contributed by atoms with van der Waals surface area (Å²) in [6.07, 6.45) is 3.22. The summed E-state index contributed by atoms with van der Waals surface area (Å²) < 4.78 is 28.0. The predicted molar refractivity (Wildman–Crippen MR) is 61.4 cm³/mol. The Morgan fingerprint density at radius 1 is 1.50 bits per heavy atom. The van der Waals surface area contributed by atoms with Crippen LogP contribution in [0, 0.1) is 5.92 Å². The van der Waals surface area contributed by atoms with E-state index in [1.54, 1.807) is 43.9 Å². The molecule has 1 aromatic heterocycles. The molecule has 16 heavy (non-hydrogen) atoms. The minimum absolute atomic E-state index is 0.0432. The van der Waals surface area contributed by atoms with Gasteiger partial charge in [0.15, 0.2) is 0 Å². The Kier molecular flexibility index (Phi) is 4.12. The van der Waals surface area contributed by atoms with E-state index in [2.05, 4.69) is 4.72 Å². The first kappa shape index (κ1) is 13.2. The van der Waals surface area contributed by atoms with Crippen LogP contribution in [0.15, 0.2) is 23.4 Å². The van der Waals surface area contributed by atoms with Crippen molar-refractivity contribution in [3.63, 3.8) is 0 Å². The summed E-state index contributed by atoms with van der Waals surface area (Å²) in [5.41, 5.74) is 0. The highest BCUT2D eigenvalue weighted by Crippen LogP contribution is 2.11. The molecular formula is C10H18N2O3S. The second-order valence-corrected chi connectivity index (χ2v) is 5.80. The summed E-state index contributed by atoms with van der Waals surface area (Å²) in [7, 11) is -1.71. The highest BCUT2D eigenvalue weighted by atomic mass is 32.2. The van der Waals surface area contributed by atoms with Crippen LogP contribution in [0.5, 0.6) is 0 Å². The molecule has 0 saturated heterocycles. The molecule has 0 spiro atoms. The normalized spacial score (nSPS) is 16.0. The molecule has 0 aliphatic heterocycles. The molecule has 1 aromatic rings. The van der Waals surface area contributed by atoms with Crippen molar-refractivity contribution in [3.05, 3.63) is 18.5 Å². The summed E-state index contributed by atoms with van der Waals surface area (Å²) in [4.78, 5) is 0.243. The molecule has 5 nitrogen and oxygen atoms in total. The highest BCUT2D eigenvalue weighted by Gasteiger charge is 2.21. The average molecular weight is 246 g/mol. The Bertz CT molecular complexity index is 439. The second kappa shape index (κ2) is 4.99. The lowest BCUT2D eigenvalue weighted by molar-refractivity contribution is 0.216. The number of hydrogen-bond acceptors (Lipinski definition) is 3. The van der Waals surface area contributed by atoms with Crippen molar-refractivity contribution in [2.75, 3.05) is 6.61 Å². The standard InChI is InChI=1S/C10H18N2O3S/c1-8(7-13)9(2)11-16(14,15)10-4-5-12(3)6-10/h4-6,8-9,11,13H,7H2,1-3H3. The molecule has 2 atom stereocenters. The summed E-state index contributed by atoms with van der Waals surface area (Å²) in [6, 6.07) is 1.24. The molecule has 0 saturated carbocycles. The van der Waals surface area contributed by atoms with Gasteiger partial charge in [0.25, 0.3) is 0 Å². The van der Waals surface area contributed by atoms with Gasteiger partial charge in [0, 0.05) is 32.1 Å². The van der Waals surface area contributed by atoms with Crippen LogP contribution in [0.2, 0.25) is 0 Å². The first-order valence-electron chi connectivity index (χ1n) is 5.12. The van der Waals surface area contributed by atoms with Crippen LogP contribution in [0.3, 0.4) is 0 Å². The van der Waals surface area contributed by atoms with Gasteiger partial charge in [0.1, 0.15) is 0 Å². The Morgan fingerprint density at radius 2 is 2.12 bits per heavy atom. The predicted octanol–water partition coefficient (Wildman–Crippen LogP) is 0.320. The maximum absolute atomic E-state index is 11.9. The van der Waals surface area contributed by atoms with E-state index >= 15 is 0 Å². The third-order valence-electron chi connectivity index (χ3n) is 2.60. The van der Waals surface area contributed by atoms with Crippen molar-refractivity contribution >= 4 is 10.0 Å². The molecule has 0 aliphatic rings. The summed E-state index contributed by atoms with van der Waals surface area (Å²) in [5.74, 6) is -0.113. The van der Waals surface area contributed by atoms with E-state index in [0.29, 0.717) is 0 Å². The van der Waals surface area contributed by atoms with Crippen molar-refractivity contribution in [2.45, 2.75) is 24.8 Å². The van der Waals surface area contributed by atoms with E-state index in [4.69, 9.17) is 5.11 Å². The molecule has 0 aromatic carbocycles. The van der Waals surface area contributed by atoms with Crippen LogP contribution in [0.1, 0.15) is 13.8 Å². The molecule has 0 amide bonds. The zero-order valence-corrected chi connectivity index (χ0v) is 10.5. The van der Waals surface area contributed by atoms with E-state index in [1.165, 1.54) is 0 Å². The van der Waals surface area contributed by atoms with Crippen LogP contribution < -0.4 is 4.72 Å². The smallest absolute Gasteiger partial charge is 0.242 e. The topological polar surface area (TPSA) is 71.3 Å². The lowest BCUT2D eigenvalue weighted by Crippen LogP contribution is -2.38. The molecule has 0 fully saturated rings. The highest BCUT2D eigenvalue weighted by molar-refractivity contribution is 7.89. The monoisotopic (exact) mass is 246 g/mol. The Balaban J connectivity index is 2.80. The molecule has 0 radical (unpaired) electrons. The number of nitrogens with zero attached hydrogens (tertiary/aromatic N) is 1. The molecule has 0 bridgehead atoms. The van der Waals surface area contributed by atoms with E-state index in [1.807, 2.05) is 0 Å². The summed E-state index contributed by atoms with van der Waals surface area (Å²) in [5, 5.41) is 8.94. The largest absolute Gasteiger partial charge is 0.396 e. The SMILES string of the molecule is CC(CO)C(C)NS(=O)(=O)c1ccn(C)c1. The minimum Gasteiger partial charge on any atom is -0.396 e. The Morgan fingerprint density at radius 3 is 2.56 bits per heavy atom. The number of aryl methyl sites for hydroxylation is 1. The number of aliphatic hydroxyl groups excluding tert-OH is 1. The molecule has 0 aliphatic carbocycles. The van der Waals surface area contributed by atoms with Crippen LogP contribution in [0.4, 0.5) is 0 Å². The van der Waals surface area contributed by atoms with Gasteiger partial charge in [-0.2, -0.15) is 0 Å². The fraction of sp³-hybridized carbons (Fsp3) is 0.600. The molecule has 92 valence electrons. The van der Waals surface area contributed by atoms with Crippen molar-refractivity contribution in [1.82, 2.24) is 9.29 Å². The Hall–Kier alpha value is -0.850. The van der Waals surface area contributed by atoms with E-state index < -0.39 is 10.0 Å². The Labute approximate surface area is 96.1 Å². The first-order chi connectivity index (χ1) is 7.36. The third kappa shape index (κ3) is 3.07. The van der Waals surface area contributed by atoms with E-state index in [0.717, 1.165) is 0 Å². The van der Waals surface area contributed by atoms with Crippen LogP contribution in [-0.4, -0.2) is 30.7 Å². The number of hydrogen-bond donors (Lipinski definition) is 2. The summed E-state index contributed by atoms with van der Waals surface area (Å²) in [6.45, 7) is 3.48. The number of rotatable bonds is 5. The average Bonchev–Trinajstić information content (AvgIpc) is 2.63. The second-order valence-electron chi connectivity index (χ2n) is 4.08. The van der Waals surface area contributed by atoms with Crippen molar-refractivity contribution < 1.29 is 13.5 Å². The molecule has 1 heterocycles. The van der Waals surface area contributed by atoms with Gasteiger partial charge in [-0.15, -0.1) is 0 Å². The van der Waals surface area contributed by atoms with Gasteiger partial charge in [0.2, 0.25) is 10.0 Å². The molecule has 6 heteroatoms.